The number of hydrogen-bond donors (Lipinski definition) is 0. The smallest absolute Gasteiger partial charge is 0.253 e. The molecular formula is C29H31N3O2. The SMILES string of the molecule is O=C1CCCN1Cc1cccc(C(=O)N2CCN(C(c3ccccc3)c3ccccc3)CC2)c1. The van der Waals surface area contributed by atoms with Gasteiger partial charge in [0.2, 0.25) is 5.91 Å². The Hall–Kier alpha value is -3.44. The number of amides is 2. The summed E-state index contributed by atoms with van der Waals surface area (Å²) in [7, 11) is 0. The third-order valence-electron chi connectivity index (χ3n) is 6.92. The van der Waals surface area contributed by atoms with Crippen LogP contribution in [-0.2, 0) is 11.3 Å². The first-order valence-electron chi connectivity index (χ1n) is 12.2. The summed E-state index contributed by atoms with van der Waals surface area (Å²) in [5.41, 5.74) is 4.28. The van der Waals surface area contributed by atoms with Crippen molar-refractivity contribution < 1.29 is 9.59 Å². The van der Waals surface area contributed by atoms with Crippen molar-refractivity contribution in [3.63, 3.8) is 0 Å². The van der Waals surface area contributed by atoms with Crippen LogP contribution < -0.4 is 0 Å². The Morgan fingerprint density at radius 1 is 0.765 bits per heavy atom. The standard InChI is InChI=1S/C29H31N3O2/c33-27-15-8-16-32(27)22-23-9-7-14-26(21-23)29(34)31-19-17-30(18-20-31)28(24-10-3-1-4-11-24)25-12-5-2-6-13-25/h1-7,9-14,21,28H,8,15-20,22H2. The summed E-state index contributed by atoms with van der Waals surface area (Å²) in [5, 5.41) is 0. The summed E-state index contributed by atoms with van der Waals surface area (Å²) in [4.78, 5) is 31.6. The molecule has 0 unspecified atom stereocenters. The Bertz CT molecular complexity index is 1080. The minimum Gasteiger partial charge on any atom is -0.338 e. The van der Waals surface area contributed by atoms with Crippen molar-refractivity contribution in [2.75, 3.05) is 32.7 Å². The summed E-state index contributed by atoms with van der Waals surface area (Å²) in [6, 6.07) is 29.2. The molecule has 34 heavy (non-hydrogen) atoms. The zero-order valence-electron chi connectivity index (χ0n) is 19.5. The van der Waals surface area contributed by atoms with Crippen molar-refractivity contribution in [3.8, 4) is 0 Å². The molecule has 0 N–H and O–H groups in total. The quantitative estimate of drug-likeness (QED) is 0.557. The average Bonchev–Trinajstić information content (AvgIpc) is 3.30. The molecule has 5 heteroatoms. The third kappa shape index (κ3) is 4.90. The molecule has 0 aromatic heterocycles. The van der Waals surface area contributed by atoms with Crippen LogP contribution in [0.2, 0.25) is 0 Å². The molecule has 0 saturated carbocycles. The van der Waals surface area contributed by atoms with Crippen molar-refractivity contribution in [2.24, 2.45) is 0 Å². The van der Waals surface area contributed by atoms with Crippen LogP contribution in [0.4, 0.5) is 0 Å². The molecule has 5 nitrogen and oxygen atoms in total. The van der Waals surface area contributed by atoms with Gasteiger partial charge in [-0.2, -0.15) is 0 Å². The van der Waals surface area contributed by atoms with Crippen LogP contribution in [0.1, 0.15) is 45.9 Å². The lowest BCUT2D eigenvalue weighted by atomic mass is 9.96. The van der Waals surface area contributed by atoms with Crippen LogP contribution in [-0.4, -0.2) is 59.2 Å². The highest BCUT2D eigenvalue weighted by molar-refractivity contribution is 5.94. The van der Waals surface area contributed by atoms with Crippen molar-refractivity contribution in [1.82, 2.24) is 14.7 Å². The summed E-state index contributed by atoms with van der Waals surface area (Å²) in [6.07, 6.45) is 1.56. The molecule has 0 spiro atoms. The molecule has 2 saturated heterocycles. The molecule has 5 rings (SSSR count). The second-order valence-corrected chi connectivity index (χ2v) is 9.17. The molecule has 0 radical (unpaired) electrons. The number of carbonyl (C=O) groups excluding carboxylic acids is 2. The molecule has 2 heterocycles. The fraction of sp³-hybridized carbons (Fsp3) is 0.310. The number of carbonyl (C=O) groups is 2. The first kappa shape index (κ1) is 22.4. The van der Waals surface area contributed by atoms with Crippen LogP contribution in [0.15, 0.2) is 84.9 Å². The minimum absolute atomic E-state index is 0.0743. The highest BCUT2D eigenvalue weighted by Crippen LogP contribution is 2.29. The molecule has 0 aliphatic carbocycles. The maximum atomic E-state index is 13.3. The van der Waals surface area contributed by atoms with Gasteiger partial charge in [0.15, 0.2) is 0 Å². The molecule has 174 valence electrons. The zero-order valence-corrected chi connectivity index (χ0v) is 19.5. The van der Waals surface area contributed by atoms with E-state index in [1.54, 1.807) is 0 Å². The van der Waals surface area contributed by atoms with E-state index < -0.39 is 0 Å². The number of benzene rings is 3. The van der Waals surface area contributed by atoms with Gasteiger partial charge in [-0.25, -0.2) is 0 Å². The second-order valence-electron chi connectivity index (χ2n) is 9.17. The second kappa shape index (κ2) is 10.2. The number of hydrogen-bond acceptors (Lipinski definition) is 3. The lowest BCUT2D eigenvalue weighted by Crippen LogP contribution is -2.49. The topological polar surface area (TPSA) is 43.9 Å². The van der Waals surface area contributed by atoms with Gasteiger partial charge in [0.25, 0.3) is 5.91 Å². The van der Waals surface area contributed by atoms with E-state index in [1.807, 2.05) is 34.1 Å². The van der Waals surface area contributed by atoms with Gasteiger partial charge in [-0.05, 0) is 35.2 Å². The van der Waals surface area contributed by atoms with Crippen LogP contribution in [0.5, 0.6) is 0 Å². The normalized spacial score (nSPS) is 16.9. The first-order valence-corrected chi connectivity index (χ1v) is 12.2. The van der Waals surface area contributed by atoms with E-state index in [4.69, 9.17) is 0 Å². The van der Waals surface area contributed by atoms with Crippen LogP contribution in [0.3, 0.4) is 0 Å². The predicted octanol–water partition coefficient (Wildman–Crippen LogP) is 4.36. The molecule has 2 aliphatic rings. The van der Waals surface area contributed by atoms with E-state index >= 15 is 0 Å². The van der Waals surface area contributed by atoms with Gasteiger partial charge < -0.3 is 9.80 Å². The Kier molecular flexibility index (Phi) is 6.72. The Morgan fingerprint density at radius 3 is 2.00 bits per heavy atom. The molecule has 3 aromatic carbocycles. The Balaban J connectivity index is 1.27. The number of rotatable bonds is 6. The van der Waals surface area contributed by atoms with Gasteiger partial charge in [-0.15, -0.1) is 0 Å². The molecule has 2 amide bonds. The Morgan fingerprint density at radius 2 is 1.41 bits per heavy atom. The van der Waals surface area contributed by atoms with E-state index in [9.17, 15) is 9.59 Å². The van der Waals surface area contributed by atoms with Crippen molar-refractivity contribution in [3.05, 3.63) is 107 Å². The highest BCUT2D eigenvalue weighted by atomic mass is 16.2. The molecule has 0 atom stereocenters. The minimum atomic E-state index is 0.0743. The molecule has 2 fully saturated rings. The summed E-state index contributed by atoms with van der Waals surface area (Å²) in [5.74, 6) is 0.282. The average molecular weight is 454 g/mol. The lowest BCUT2D eigenvalue weighted by molar-refractivity contribution is -0.128. The highest BCUT2D eigenvalue weighted by Gasteiger charge is 2.28. The van der Waals surface area contributed by atoms with E-state index in [1.165, 1.54) is 11.1 Å². The van der Waals surface area contributed by atoms with Gasteiger partial charge >= 0.3 is 0 Å². The molecule has 3 aromatic rings. The third-order valence-corrected chi connectivity index (χ3v) is 6.92. The fourth-order valence-electron chi connectivity index (χ4n) is 5.14. The van der Waals surface area contributed by atoms with Crippen molar-refractivity contribution in [2.45, 2.75) is 25.4 Å². The summed E-state index contributed by atoms with van der Waals surface area (Å²) >= 11 is 0. The van der Waals surface area contributed by atoms with E-state index in [0.717, 1.165) is 31.6 Å². The van der Waals surface area contributed by atoms with Gasteiger partial charge in [0, 0.05) is 51.3 Å². The number of piperazine rings is 1. The summed E-state index contributed by atoms with van der Waals surface area (Å²) in [6.45, 7) is 4.44. The van der Waals surface area contributed by atoms with E-state index in [0.29, 0.717) is 31.6 Å². The van der Waals surface area contributed by atoms with Gasteiger partial charge in [-0.3, -0.25) is 14.5 Å². The largest absolute Gasteiger partial charge is 0.338 e. The molecule has 2 aliphatic heterocycles. The maximum absolute atomic E-state index is 13.3. The van der Waals surface area contributed by atoms with Crippen LogP contribution in [0, 0.1) is 0 Å². The number of nitrogens with zero attached hydrogens (tertiary/aromatic N) is 3. The molecule has 0 bridgehead atoms. The van der Waals surface area contributed by atoms with Crippen molar-refractivity contribution >= 4 is 11.8 Å². The van der Waals surface area contributed by atoms with Crippen LogP contribution >= 0.6 is 0 Å². The monoisotopic (exact) mass is 453 g/mol. The summed E-state index contributed by atoms with van der Waals surface area (Å²) < 4.78 is 0. The maximum Gasteiger partial charge on any atom is 0.253 e. The fourth-order valence-corrected chi connectivity index (χ4v) is 5.14. The van der Waals surface area contributed by atoms with Crippen molar-refractivity contribution in [1.29, 1.82) is 0 Å². The Labute approximate surface area is 201 Å². The number of likely N-dealkylation sites (tertiary alicyclic amines) is 1. The lowest BCUT2D eigenvalue weighted by Gasteiger charge is -2.40. The van der Waals surface area contributed by atoms with E-state index in [2.05, 4.69) is 65.6 Å². The van der Waals surface area contributed by atoms with Gasteiger partial charge in [0.1, 0.15) is 0 Å². The van der Waals surface area contributed by atoms with Gasteiger partial charge in [0.05, 0.1) is 6.04 Å². The molecular weight excluding hydrogens is 422 g/mol. The zero-order chi connectivity index (χ0) is 23.3. The predicted molar refractivity (Wildman–Crippen MR) is 133 cm³/mol. The van der Waals surface area contributed by atoms with Crippen LogP contribution in [0.25, 0.3) is 0 Å². The first-order chi connectivity index (χ1) is 16.7. The van der Waals surface area contributed by atoms with E-state index in [-0.39, 0.29) is 17.9 Å². The van der Waals surface area contributed by atoms with Gasteiger partial charge in [-0.1, -0.05) is 72.8 Å².